The van der Waals surface area contributed by atoms with Crippen LogP contribution in [0, 0.1) is 0 Å². The predicted molar refractivity (Wildman–Crippen MR) is 67.0 cm³/mol. The van der Waals surface area contributed by atoms with Gasteiger partial charge in [-0.2, -0.15) is 0 Å². The molecule has 0 aliphatic carbocycles. The highest BCUT2D eigenvalue weighted by Gasteiger charge is 2.27. The van der Waals surface area contributed by atoms with Gasteiger partial charge in [0.15, 0.2) is 0 Å². The third kappa shape index (κ3) is 4.03. The minimum Gasteiger partial charge on any atom is -0.313 e. The Hall–Kier alpha value is -0.130. The van der Waals surface area contributed by atoms with Gasteiger partial charge in [-0.15, -0.1) is 0 Å². The summed E-state index contributed by atoms with van der Waals surface area (Å²) in [6.45, 7) is 6.35. The average molecular weight is 248 g/mol. The Bertz CT molecular complexity index is 288. The van der Waals surface area contributed by atoms with Crippen LogP contribution in [0.5, 0.6) is 0 Å². The lowest BCUT2D eigenvalue weighted by atomic mass is 10.1. The molecule has 1 fully saturated rings. The Morgan fingerprint density at radius 3 is 2.75 bits per heavy atom. The number of nitrogens with one attached hydrogen (secondary N) is 1. The minimum atomic E-state index is -3.00. The molecule has 16 heavy (non-hydrogen) atoms. The van der Waals surface area contributed by atoms with Gasteiger partial charge in [0.1, 0.15) is 0 Å². The second-order valence-electron chi connectivity index (χ2n) is 4.42. The van der Waals surface area contributed by atoms with Crippen molar-refractivity contribution in [2.75, 3.05) is 25.4 Å². The maximum absolute atomic E-state index is 12.0. The zero-order valence-electron chi connectivity index (χ0n) is 10.4. The van der Waals surface area contributed by atoms with Crippen LogP contribution >= 0.6 is 0 Å². The molecule has 1 saturated heterocycles. The molecular formula is C11H24N2O2S. The monoisotopic (exact) mass is 248 g/mol. The average Bonchev–Trinajstić information content (AvgIpc) is 2.27. The fourth-order valence-electron chi connectivity index (χ4n) is 2.11. The summed E-state index contributed by atoms with van der Waals surface area (Å²) < 4.78 is 25.7. The van der Waals surface area contributed by atoms with Crippen molar-refractivity contribution >= 4 is 10.0 Å². The number of piperidine rings is 1. The van der Waals surface area contributed by atoms with Crippen LogP contribution in [0.2, 0.25) is 0 Å². The highest BCUT2D eigenvalue weighted by atomic mass is 32.2. The molecule has 1 N–H and O–H groups in total. The van der Waals surface area contributed by atoms with Gasteiger partial charge in [-0.1, -0.05) is 20.3 Å². The van der Waals surface area contributed by atoms with Crippen LogP contribution in [0.15, 0.2) is 0 Å². The zero-order chi connectivity index (χ0) is 12.0. The number of likely N-dealkylation sites (N-methyl/N-ethyl adjacent to an activating group) is 1. The van der Waals surface area contributed by atoms with Gasteiger partial charge in [0.25, 0.3) is 0 Å². The lowest BCUT2D eigenvalue weighted by Crippen LogP contribution is -2.48. The van der Waals surface area contributed by atoms with E-state index in [-0.39, 0.29) is 0 Å². The molecule has 0 aromatic heterocycles. The summed E-state index contributed by atoms with van der Waals surface area (Å²) in [5.41, 5.74) is 0. The highest BCUT2D eigenvalue weighted by molar-refractivity contribution is 7.89. The number of hydrogen-bond acceptors (Lipinski definition) is 3. The molecule has 1 atom stereocenters. The van der Waals surface area contributed by atoms with Crippen LogP contribution in [0.3, 0.4) is 0 Å². The summed E-state index contributed by atoms with van der Waals surface area (Å²) in [6, 6.07) is 0.343. The summed E-state index contributed by atoms with van der Waals surface area (Å²) in [5.74, 6) is 0.308. The SMILES string of the molecule is CCCCS(=O)(=O)N1CCCC(NCC)C1. The summed E-state index contributed by atoms with van der Waals surface area (Å²) in [5, 5.41) is 3.34. The number of sulfonamides is 1. The lowest BCUT2D eigenvalue weighted by molar-refractivity contribution is 0.286. The molecular weight excluding hydrogens is 224 g/mol. The fourth-order valence-corrected chi connectivity index (χ4v) is 3.83. The van der Waals surface area contributed by atoms with E-state index in [0.29, 0.717) is 24.9 Å². The van der Waals surface area contributed by atoms with Crippen molar-refractivity contribution in [2.24, 2.45) is 0 Å². The second kappa shape index (κ2) is 6.57. The standard InChI is InChI=1S/C11H24N2O2S/c1-3-5-9-16(14,15)13-8-6-7-11(10-13)12-4-2/h11-12H,3-10H2,1-2H3. The third-order valence-electron chi connectivity index (χ3n) is 3.03. The van der Waals surface area contributed by atoms with E-state index in [1.54, 1.807) is 4.31 Å². The molecule has 4 nitrogen and oxygen atoms in total. The second-order valence-corrected chi connectivity index (χ2v) is 6.51. The van der Waals surface area contributed by atoms with E-state index in [2.05, 4.69) is 12.2 Å². The van der Waals surface area contributed by atoms with Gasteiger partial charge in [0, 0.05) is 19.1 Å². The van der Waals surface area contributed by atoms with E-state index in [4.69, 9.17) is 0 Å². The van der Waals surface area contributed by atoms with Gasteiger partial charge in [0.2, 0.25) is 10.0 Å². The van der Waals surface area contributed by atoms with E-state index >= 15 is 0 Å². The smallest absolute Gasteiger partial charge is 0.214 e. The van der Waals surface area contributed by atoms with Crippen LogP contribution in [-0.2, 0) is 10.0 Å². The van der Waals surface area contributed by atoms with Crippen molar-refractivity contribution in [2.45, 2.75) is 45.6 Å². The summed E-state index contributed by atoms with van der Waals surface area (Å²) in [6.07, 6.45) is 3.77. The molecule has 0 amide bonds. The van der Waals surface area contributed by atoms with Gasteiger partial charge in [0.05, 0.1) is 5.75 Å². The molecule has 1 heterocycles. The van der Waals surface area contributed by atoms with E-state index in [0.717, 1.165) is 32.2 Å². The van der Waals surface area contributed by atoms with Crippen LogP contribution in [0.25, 0.3) is 0 Å². The van der Waals surface area contributed by atoms with E-state index in [1.807, 2.05) is 6.92 Å². The number of rotatable bonds is 6. The first kappa shape index (κ1) is 13.9. The van der Waals surface area contributed by atoms with Crippen molar-refractivity contribution in [3.05, 3.63) is 0 Å². The Morgan fingerprint density at radius 2 is 2.12 bits per heavy atom. The fraction of sp³-hybridized carbons (Fsp3) is 1.00. The zero-order valence-corrected chi connectivity index (χ0v) is 11.2. The maximum atomic E-state index is 12.0. The van der Waals surface area contributed by atoms with Gasteiger partial charge in [-0.05, 0) is 25.8 Å². The molecule has 0 saturated carbocycles. The molecule has 0 aromatic carbocycles. The molecule has 0 aromatic rings. The van der Waals surface area contributed by atoms with Gasteiger partial charge < -0.3 is 5.32 Å². The first-order valence-electron chi connectivity index (χ1n) is 6.31. The van der Waals surface area contributed by atoms with Gasteiger partial charge in [-0.3, -0.25) is 0 Å². The van der Waals surface area contributed by atoms with Gasteiger partial charge in [-0.25, -0.2) is 12.7 Å². The van der Waals surface area contributed by atoms with Crippen molar-refractivity contribution in [1.82, 2.24) is 9.62 Å². The first-order chi connectivity index (χ1) is 7.60. The largest absolute Gasteiger partial charge is 0.313 e. The molecule has 0 spiro atoms. The molecule has 1 unspecified atom stereocenters. The molecule has 0 radical (unpaired) electrons. The maximum Gasteiger partial charge on any atom is 0.214 e. The molecule has 96 valence electrons. The first-order valence-corrected chi connectivity index (χ1v) is 7.92. The molecule has 1 rings (SSSR count). The summed E-state index contributed by atoms with van der Waals surface area (Å²) in [4.78, 5) is 0. The molecule has 5 heteroatoms. The topological polar surface area (TPSA) is 49.4 Å². The number of nitrogens with zero attached hydrogens (tertiary/aromatic N) is 1. The van der Waals surface area contributed by atoms with Crippen LogP contribution in [0.1, 0.15) is 39.5 Å². The van der Waals surface area contributed by atoms with Gasteiger partial charge >= 0.3 is 0 Å². The van der Waals surface area contributed by atoms with E-state index in [1.165, 1.54) is 0 Å². The van der Waals surface area contributed by atoms with Crippen LogP contribution in [0.4, 0.5) is 0 Å². The van der Waals surface area contributed by atoms with Crippen LogP contribution < -0.4 is 5.32 Å². The Balaban J connectivity index is 2.52. The van der Waals surface area contributed by atoms with Crippen molar-refractivity contribution in [3.8, 4) is 0 Å². The van der Waals surface area contributed by atoms with Crippen molar-refractivity contribution in [3.63, 3.8) is 0 Å². The number of hydrogen-bond donors (Lipinski definition) is 1. The van der Waals surface area contributed by atoms with E-state index < -0.39 is 10.0 Å². The summed E-state index contributed by atoms with van der Waals surface area (Å²) in [7, 11) is -3.00. The third-order valence-corrected chi connectivity index (χ3v) is 4.95. The normalized spacial score (nSPS) is 23.5. The molecule has 1 aliphatic heterocycles. The van der Waals surface area contributed by atoms with Crippen molar-refractivity contribution < 1.29 is 8.42 Å². The predicted octanol–water partition coefficient (Wildman–Crippen LogP) is 1.19. The Morgan fingerprint density at radius 1 is 1.38 bits per heavy atom. The van der Waals surface area contributed by atoms with Crippen LogP contribution in [-0.4, -0.2) is 44.2 Å². The quantitative estimate of drug-likeness (QED) is 0.768. The Kier molecular flexibility index (Phi) is 5.72. The highest BCUT2D eigenvalue weighted by Crippen LogP contribution is 2.15. The summed E-state index contributed by atoms with van der Waals surface area (Å²) >= 11 is 0. The Labute approximate surface area is 99.5 Å². The van der Waals surface area contributed by atoms with Crippen molar-refractivity contribution in [1.29, 1.82) is 0 Å². The lowest BCUT2D eigenvalue weighted by Gasteiger charge is -2.32. The minimum absolute atomic E-state index is 0.308. The van der Waals surface area contributed by atoms with E-state index in [9.17, 15) is 8.42 Å². The number of unbranched alkanes of at least 4 members (excludes halogenated alkanes) is 1. The molecule has 0 bridgehead atoms. The molecule has 1 aliphatic rings.